The van der Waals surface area contributed by atoms with E-state index in [1.165, 1.54) is 0 Å². The molecule has 0 bridgehead atoms. The Labute approximate surface area is 89.8 Å². The van der Waals surface area contributed by atoms with Gasteiger partial charge in [-0.25, -0.2) is 4.98 Å². The molecular formula is C7H11BrN4S. The molecule has 1 heterocycles. The van der Waals surface area contributed by atoms with Crippen LogP contribution in [0.1, 0.15) is 0 Å². The number of anilines is 2. The fourth-order valence-corrected chi connectivity index (χ4v) is 1.41. The van der Waals surface area contributed by atoms with E-state index in [0.717, 1.165) is 22.6 Å². The zero-order valence-corrected chi connectivity index (χ0v) is 9.65. The van der Waals surface area contributed by atoms with Gasteiger partial charge in [0.15, 0.2) is 0 Å². The SMILES string of the molecule is CSCCNc1nc(N)ncc1Br. The molecule has 72 valence electrons. The summed E-state index contributed by atoms with van der Waals surface area (Å²) < 4.78 is 0.836. The molecule has 1 rings (SSSR count). The van der Waals surface area contributed by atoms with Crippen LogP contribution in [0.25, 0.3) is 0 Å². The molecule has 0 amide bonds. The van der Waals surface area contributed by atoms with E-state index in [1.54, 1.807) is 18.0 Å². The molecular weight excluding hydrogens is 252 g/mol. The zero-order chi connectivity index (χ0) is 9.68. The van der Waals surface area contributed by atoms with Crippen LogP contribution in [0.15, 0.2) is 10.7 Å². The van der Waals surface area contributed by atoms with Gasteiger partial charge in [-0.3, -0.25) is 0 Å². The molecule has 0 spiro atoms. The number of thioether (sulfide) groups is 1. The predicted octanol–water partition coefficient (Wildman–Crippen LogP) is 1.60. The van der Waals surface area contributed by atoms with E-state index in [4.69, 9.17) is 5.73 Å². The average Bonchev–Trinajstić information content (AvgIpc) is 2.11. The molecule has 0 saturated heterocycles. The smallest absolute Gasteiger partial charge is 0.221 e. The number of hydrogen-bond acceptors (Lipinski definition) is 5. The van der Waals surface area contributed by atoms with Crippen LogP contribution in [-0.2, 0) is 0 Å². The van der Waals surface area contributed by atoms with Crippen molar-refractivity contribution >= 4 is 39.5 Å². The second kappa shape index (κ2) is 5.29. The summed E-state index contributed by atoms with van der Waals surface area (Å²) in [6.45, 7) is 0.871. The molecule has 0 radical (unpaired) electrons. The van der Waals surface area contributed by atoms with Crippen LogP contribution in [0.3, 0.4) is 0 Å². The Morgan fingerprint density at radius 2 is 2.46 bits per heavy atom. The van der Waals surface area contributed by atoms with Gasteiger partial charge in [0.05, 0.1) is 4.47 Å². The molecule has 0 atom stereocenters. The van der Waals surface area contributed by atoms with Gasteiger partial charge in [0.1, 0.15) is 5.82 Å². The third-order valence-electron chi connectivity index (χ3n) is 1.36. The van der Waals surface area contributed by atoms with E-state index in [1.807, 2.05) is 0 Å². The Morgan fingerprint density at radius 1 is 1.69 bits per heavy atom. The minimum absolute atomic E-state index is 0.287. The Morgan fingerprint density at radius 3 is 3.15 bits per heavy atom. The van der Waals surface area contributed by atoms with E-state index in [-0.39, 0.29) is 5.95 Å². The van der Waals surface area contributed by atoms with Crippen LogP contribution < -0.4 is 11.1 Å². The van der Waals surface area contributed by atoms with Crippen molar-refractivity contribution in [2.75, 3.05) is 29.6 Å². The standard InChI is InChI=1S/C7H11BrN4S/c1-13-3-2-10-6-5(8)4-11-7(9)12-6/h4H,2-3H2,1H3,(H3,9,10,11,12). The summed E-state index contributed by atoms with van der Waals surface area (Å²) >= 11 is 5.11. The van der Waals surface area contributed by atoms with Crippen LogP contribution in [0.2, 0.25) is 0 Å². The number of nitrogens with one attached hydrogen (secondary N) is 1. The second-order valence-electron chi connectivity index (χ2n) is 2.34. The average molecular weight is 263 g/mol. The highest BCUT2D eigenvalue weighted by molar-refractivity contribution is 9.10. The normalized spacial score (nSPS) is 10.0. The Kier molecular flexibility index (Phi) is 4.31. The van der Waals surface area contributed by atoms with Gasteiger partial charge in [-0.15, -0.1) is 0 Å². The first-order valence-corrected chi connectivity index (χ1v) is 5.93. The number of nitrogens with two attached hydrogens (primary N) is 1. The summed E-state index contributed by atoms with van der Waals surface area (Å²) in [7, 11) is 0. The quantitative estimate of drug-likeness (QED) is 0.808. The maximum atomic E-state index is 5.44. The molecule has 0 aliphatic carbocycles. The van der Waals surface area contributed by atoms with Gasteiger partial charge >= 0.3 is 0 Å². The van der Waals surface area contributed by atoms with E-state index in [0.29, 0.717) is 0 Å². The number of nitrogens with zero attached hydrogens (tertiary/aromatic N) is 2. The summed E-state index contributed by atoms with van der Waals surface area (Å²) in [5.41, 5.74) is 5.44. The Hall–Kier alpha value is -0.490. The summed E-state index contributed by atoms with van der Waals surface area (Å²) in [5.74, 6) is 2.08. The molecule has 1 aromatic heterocycles. The van der Waals surface area contributed by atoms with Crippen molar-refractivity contribution in [3.8, 4) is 0 Å². The predicted molar refractivity (Wildman–Crippen MR) is 61.0 cm³/mol. The molecule has 0 aromatic carbocycles. The number of aromatic nitrogens is 2. The topological polar surface area (TPSA) is 63.8 Å². The van der Waals surface area contributed by atoms with Gasteiger partial charge in [0.25, 0.3) is 0 Å². The third-order valence-corrected chi connectivity index (χ3v) is 2.55. The maximum Gasteiger partial charge on any atom is 0.221 e. The van der Waals surface area contributed by atoms with Crippen molar-refractivity contribution in [3.05, 3.63) is 10.7 Å². The molecule has 4 nitrogen and oxygen atoms in total. The fourth-order valence-electron chi connectivity index (χ4n) is 0.776. The van der Waals surface area contributed by atoms with E-state index in [2.05, 4.69) is 37.5 Å². The lowest BCUT2D eigenvalue weighted by Gasteiger charge is -2.06. The van der Waals surface area contributed by atoms with Crippen molar-refractivity contribution in [1.82, 2.24) is 9.97 Å². The minimum Gasteiger partial charge on any atom is -0.368 e. The van der Waals surface area contributed by atoms with E-state index >= 15 is 0 Å². The first kappa shape index (κ1) is 10.6. The number of hydrogen-bond donors (Lipinski definition) is 2. The number of nitrogen functional groups attached to an aromatic ring is 1. The molecule has 0 fully saturated rings. The molecule has 13 heavy (non-hydrogen) atoms. The lowest BCUT2D eigenvalue weighted by molar-refractivity contribution is 1.12. The first-order valence-electron chi connectivity index (χ1n) is 3.75. The summed E-state index contributed by atoms with van der Waals surface area (Å²) in [6.07, 6.45) is 3.70. The Bertz CT molecular complexity index is 281. The van der Waals surface area contributed by atoms with Crippen LogP contribution in [0.5, 0.6) is 0 Å². The van der Waals surface area contributed by atoms with Crippen molar-refractivity contribution in [1.29, 1.82) is 0 Å². The van der Waals surface area contributed by atoms with Crippen LogP contribution >= 0.6 is 27.7 Å². The molecule has 3 N–H and O–H groups in total. The van der Waals surface area contributed by atoms with Crippen LogP contribution in [-0.4, -0.2) is 28.5 Å². The van der Waals surface area contributed by atoms with Crippen molar-refractivity contribution in [2.45, 2.75) is 0 Å². The molecule has 0 unspecified atom stereocenters. The van der Waals surface area contributed by atoms with Gasteiger partial charge in [-0.05, 0) is 22.2 Å². The van der Waals surface area contributed by atoms with Crippen molar-refractivity contribution < 1.29 is 0 Å². The molecule has 0 aliphatic rings. The number of rotatable bonds is 4. The number of halogens is 1. The van der Waals surface area contributed by atoms with E-state index in [9.17, 15) is 0 Å². The molecule has 1 aromatic rings. The van der Waals surface area contributed by atoms with Gasteiger partial charge in [0, 0.05) is 18.5 Å². The lowest BCUT2D eigenvalue weighted by atomic mass is 10.5. The fraction of sp³-hybridized carbons (Fsp3) is 0.429. The minimum atomic E-state index is 0.287. The van der Waals surface area contributed by atoms with Gasteiger partial charge < -0.3 is 11.1 Å². The molecule has 0 aliphatic heterocycles. The highest BCUT2D eigenvalue weighted by Gasteiger charge is 2.01. The summed E-state index contributed by atoms with van der Waals surface area (Å²) in [6, 6.07) is 0. The van der Waals surface area contributed by atoms with Crippen molar-refractivity contribution in [2.24, 2.45) is 0 Å². The lowest BCUT2D eigenvalue weighted by Crippen LogP contribution is -2.07. The molecule has 6 heteroatoms. The largest absolute Gasteiger partial charge is 0.368 e. The van der Waals surface area contributed by atoms with Crippen molar-refractivity contribution in [3.63, 3.8) is 0 Å². The van der Waals surface area contributed by atoms with Crippen LogP contribution in [0, 0.1) is 0 Å². The maximum absolute atomic E-state index is 5.44. The van der Waals surface area contributed by atoms with Crippen LogP contribution in [0.4, 0.5) is 11.8 Å². The van der Waals surface area contributed by atoms with Gasteiger partial charge in [-0.1, -0.05) is 0 Å². The van der Waals surface area contributed by atoms with E-state index < -0.39 is 0 Å². The highest BCUT2D eigenvalue weighted by atomic mass is 79.9. The summed E-state index contributed by atoms with van der Waals surface area (Å²) in [4.78, 5) is 7.89. The van der Waals surface area contributed by atoms with Gasteiger partial charge in [-0.2, -0.15) is 16.7 Å². The first-order chi connectivity index (χ1) is 6.24. The zero-order valence-electron chi connectivity index (χ0n) is 7.25. The van der Waals surface area contributed by atoms with Gasteiger partial charge in [0.2, 0.25) is 5.95 Å². The molecule has 0 saturated carbocycles. The summed E-state index contributed by atoms with van der Waals surface area (Å²) in [5, 5.41) is 3.16. The monoisotopic (exact) mass is 262 g/mol. The highest BCUT2D eigenvalue weighted by Crippen LogP contribution is 2.18. The third kappa shape index (κ3) is 3.40. The second-order valence-corrected chi connectivity index (χ2v) is 4.18. The Balaban J connectivity index is 2.59.